The number of aliphatic hydroxyl groups excluding tert-OH is 1. The topological polar surface area (TPSA) is 176 Å². The molecule has 0 saturated carbocycles. The second-order valence-corrected chi connectivity index (χ2v) is 16.9. The van der Waals surface area contributed by atoms with Gasteiger partial charge in [0.15, 0.2) is 12.4 Å². The van der Waals surface area contributed by atoms with Crippen LogP contribution in [0.4, 0.5) is 13.2 Å². The lowest BCUT2D eigenvalue weighted by molar-refractivity contribution is -0.190. The number of nitrogens with one attached hydrogen (secondary N) is 2. The fourth-order valence-corrected chi connectivity index (χ4v) is 7.22. The first-order chi connectivity index (χ1) is 29.8. The van der Waals surface area contributed by atoms with Crippen molar-refractivity contribution in [3.05, 3.63) is 88.5 Å². The van der Waals surface area contributed by atoms with Gasteiger partial charge in [-0.1, -0.05) is 63.8 Å². The van der Waals surface area contributed by atoms with Crippen LogP contribution in [-0.4, -0.2) is 90.0 Å². The number of benzene rings is 2. The molecule has 3 N–H and O–H groups in total. The Labute approximate surface area is 367 Å². The maximum atomic E-state index is 13.9. The highest BCUT2D eigenvalue weighted by Gasteiger charge is 2.52. The summed E-state index contributed by atoms with van der Waals surface area (Å²) in [6, 6.07) is 11.9. The van der Waals surface area contributed by atoms with E-state index in [2.05, 4.69) is 29.2 Å². The van der Waals surface area contributed by atoms with E-state index in [1.54, 1.807) is 57.2 Å². The molecule has 2 aromatic rings. The Morgan fingerprint density at radius 2 is 1.60 bits per heavy atom. The van der Waals surface area contributed by atoms with E-state index in [0.29, 0.717) is 29.5 Å². The summed E-state index contributed by atoms with van der Waals surface area (Å²) in [7, 11) is 0. The molecule has 0 aromatic heterocycles. The van der Waals surface area contributed by atoms with Crippen molar-refractivity contribution in [1.29, 1.82) is 0 Å². The number of alkyl halides is 3. The van der Waals surface area contributed by atoms with E-state index in [1.807, 2.05) is 0 Å². The monoisotopic (exact) mass is 886 g/mol. The van der Waals surface area contributed by atoms with Crippen LogP contribution in [0.5, 0.6) is 0 Å². The van der Waals surface area contributed by atoms with Gasteiger partial charge in [0.05, 0.1) is 18.2 Å². The van der Waals surface area contributed by atoms with Crippen LogP contribution in [0.25, 0.3) is 6.08 Å². The lowest BCUT2D eigenvalue weighted by Gasteiger charge is -2.31. The maximum Gasteiger partial charge on any atom is 0.422 e. The molecule has 13 nitrogen and oxygen atoms in total. The fourth-order valence-electron chi connectivity index (χ4n) is 7.22. The summed E-state index contributed by atoms with van der Waals surface area (Å²) < 4.78 is 66.4. The molecule has 1 aliphatic carbocycles. The third-order valence-electron chi connectivity index (χ3n) is 10.3. The van der Waals surface area contributed by atoms with Crippen molar-refractivity contribution >= 4 is 35.8 Å². The van der Waals surface area contributed by atoms with Crippen LogP contribution >= 0.6 is 0 Å². The molecule has 63 heavy (non-hydrogen) atoms. The van der Waals surface area contributed by atoms with Gasteiger partial charge in [0, 0.05) is 49.4 Å². The number of esters is 3. The van der Waals surface area contributed by atoms with E-state index < -0.39 is 78.2 Å². The molecule has 2 aromatic carbocycles. The normalized spacial score (nSPS) is 18.8. The standard InChI is InChI=1S/C47H61F3N2O11/c1-6-8-10-22-46(23-11-9-7-2)61-38-27-35(26-37(41(38)63-46)60-44(58)34-17-12-14-31(24-34)18-20-39(54)59-30-47(48,49)50)42(56)51-28-32-15-13-16-33(25-32)43(57)52-36(29-53)19-21-40(55)62-45(3,4)5/h12-18,20,24-25,27,36-38,41,53H,6-11,19,21-23,26,28-30H2,1-5H3,(H,51,56)(H,52,57)/t36-,37+,38+,41-/m0/s1. The molecule has 0 radical (unpaired) electrons. The molecule has 1 heterocycles. The molecule has 0 bridgehead atoms. The van der Waals surface area contributed by atoms with Crippen molar-refractivity contribution in [3.63, 3.8) is 0 Å². The summed E-state index contributed by atoms with van der Waals surface area (Å²) >= 11 is 0. The van der Waals surface area contributed by atoms with Gasteiger partial charge < -0.3 is 39.4 Å². The summed E-state index contributed by atoms with van der Waals surface area (Å²) in [5.74, 6) is -4.28. The molecule has 1 fully saturated rings. The molecule has 4 rings (SSSR count). The minimum Gasteiger partial charge on any atom is -0.460 e. The fraction of sp³-hybridized carbons (Fsp3) is 0.553. The number of carbonyl (C=O) groups excluding carboxylic acids is 5. The van der Waals surface area contributed by atoms with Crippen LogP contribution in [0.1, 0.15) is 137 Å². The van der Waals surface area contributed by atoms with Crippen molar-refractivity contribution in [2.75, 3.05) is 13.2 Å². The zero-order valence-electron chi connectivity index (χ0n) is 36.7. The molecule has 16 heteroatoms. The number of fused-ring (bicyclic) bond motifs is 1. The number of hydrogen-bond donors (Lipinski definition) is 3. The summed E-state index contributed by atoms with van der Waals surface area (Å²) in [5.41, 5.74) is 0.947. The van der Waals surface area contributed by atoms with Gasteiger partial charge in [-0.3, -0.25) is 14.4 Å². The number of halogens is 3. The minimum atomic E-state index is -4.68. The first-order valence-corrected chi connectivity index (χ1v) is 21.6. The molecule has 1 aliphatic heterocycles. The van der Waals surface area contributed by atoms with Crippen LogP contribution in [0.15, 0.2) is 66.3 Å². The number of ether oxygens (including phenoxy) is 5. The van der Waals surface area contributed by atoms with Crippen molar-refractivity contribution in [2.45, 2.75) is 154 Å². The number of rotatable bonds is 22. The average Bonchev–Trinajstić information content (AvgIpc) is 3.60. The quantitative estimate of drug-likeness (QED) is 0.0455. The Bertz CT molecular complexity index is 1930. The van der Waals surface area contributed by atoms with Gasteiger partial charge in [0.2, 0.25) is 5.91 Å². The Hall–Kier alpha value is -5.06. The van der Waals surface area contributed by atoms with E-state index in [-0.39, 0.29) is 43.5 Å². The number of carbonyl (C=O) groups is 5. The van der Waals surface area contributed by atoms with Crippen LogP contribution in [0.2, 0.25) is 0 Å². The summed E-state index contributed by atoms with van der Waals surface area (Å²) in [4.78, 5) is 64.8. The first-order valence-electron chi connectivity index (χ1n) is 21.6. The van der Waals surface area contributed by atoms with Crippen LogP contribution in [-0.2, 0) is 44.6 Å². The van der Waals surface area contributed by atoms with Crippen molar-refractivity contribution in [2.24, 2.45) is 0 Å². The summed E-state index contributed by atoms with van der Waals surface area (Å²) in [6.07, 6.45) is 3.64. The number of aliphatic hydroxyl groups is 1. The van der Waals surface area contributed by atoms with E-state index in [9.17, 15) is 42.3 Å². The number of unbranched alkanes of at least 4 members (excludes halogenated alkanes) is 4. The second-order valence-electron chi connectivity index (χ2n) is 16.9. The van der Waals surface area contributed by atoms with E-state index in [0.717, 1.165) is 44.6 Å². The average molecular weight is 887 g/mol. The van der Waals surface area contributed by atoms with E-state index in [1.165, 1.54) is 24.3 Å². The van der Waals surface area contributed by atoms with Gasteiger partial charge in [-0.25, -0.2) is 9.59 Å². The van der Waals surface area contributed by atoms with Gasteiger partial charge in [0.25, 0.3) is 5.91 Å². The molecular weight excluding hydrogens is 826 g/mol. The molecule has 2 amide bonds. The van der Waals surface area contributed by atoms with Gasteiger partial charge in [0.1, 0.15) is 23.9 Å². The van der Waals surface area contributed by atoms with Gasteiger partial charge in [-0.15, -0.1) is 0 Å². The second kappa shape index (κ2) is 23.6. The summed E-state index contributed by atoms with van der Waals surface area (Å²) in [6.45, 7) is 7.38. The number of hydrogen-bond acceptors (Lipinski definition) is 11. The molecule has 4 atom stereocenters. The highest BCUT2D eigenvalue weighted by atomic mass is 19.4. The Morgan fingerprint density at radius 3 is 2.25 bits per heavy atom. The van der Waals surface area contributed by atoms with Crippen LogP contribution < -0.4 is 10.6 Å². The smallest absolute Gasteiger partial charge is 0.422 e. The minimum absolute atomic E-state index is 0.00565. The molecule has 1 saturated heterocycles. The first kappa shape index (κ1) is 50.6. The van der Waals surface area contributed by atoms with Crippen molar-refractivity contribution in [1.82, 2.24) is 10.6 Å². The SMILES string of the molecule is CCCCCC1(CCCCC)O[C@@H]2[C@@H](C=C(C(=O)NCc3cccc(C(=O)N[C@H](CO)CCC(=O)OC(C)(C)C)c3)C[C@H]2OC(=O)c2cccc(C=CC(=O)OCC(F)(F)F)c2)O1. The van der Waals surface area contributed by atoms with E-state index in [4.69, 9.17) is 18.9 Å². The molecular formula is C47H61F3N2O11. The van der Waals surface area contributed by atoms with Gasteiger partial charge in [-0.05, 0) is 87.6 Å². The molecule has 0 unspecified atom stereocenters. The molecule has 2 aliphatic rings. The zero-order chi connectivity index (χ0) is 46.2. The lowest BCUT2D eigenvalue weighted by atomic mass is 9.91. The van der Waals surface area contributed by atoms with Gasteiger partial charge >= 0.3 is 24.1 Å². The molecule has 0 spiro atoms. The highest BCUT2D eigenvalue weighted by Crippen LogP contribution is 2.43. The predicted molar refractivity (Wildman–Crippen MR) is 227 cm³/mol. The Balaban J connectivity index is 1.49. The lowest BCUT2D eigenvalue weighted by Crippen LogP contribution is -2.43. The Morgan fingerprint density at radius 1 is 0.921 bits per heavy atom. The zero-order valence-corrected chi connectivity index (χ0v) is 36.7. The van der Waals surface area contributed by atoms with Crippen molar-refractivity contribution < 1.29 is 65.9 Å². The molecule has 346 valence electrons. The summed E-state index contributed by atoms with van der Waals surface area (Å²) in [5, 5.41) is 15.5. The van der Waals surface area contributed by atoms with Crippen molar-refractivity contribution in [3.8, 4) is 0 Å². The van der Waals surface area contributed by atoms with E-state index >= 15 is 0 Å². The number of amides is 2. The van der Waals surface area contributed by atoms with Crippen LogP contribution in [0.3, 0.4) is 0 Å². The largest absolute Gasteiger partial charge is 0.460 e. The third-order valence-corrected chi connectivity index (χ3v) is 10.3. The predicted octanol–water partition coefficient (Wildman–Crippen LogP) is 7.83. The third kappa shape index (κ3) is 16.9. The Kier molecular flexibility index (Phi) is 18.9. The highest BCUT2D eigenvalue weighted by molar-refractivity contribution is 5.95. The maximum absolute atomic E-state index is 13.9. The van der Waals surface area contributed by atoms with Crippen LogP contribution in [0, 0.1) is 0 Å². The van der Waals surface area contributed by atoms with Gasteiger partial charge in [-0.2, -0.15) is 13.2 Å².